The number of hydrogen-bond donors (Lipinski definition) is 2. The molecular formula is C16H16FNO2S. The van der Waals surface area contributed by atoms with Gasteiger partial charge in [0.2, 0.25) is 0 Å². The van der Waals surface area contributed by atoms with Crippen LogP contribution in [-0.4, -0.2) is 16.7 Å². The summed E-state index contributed by atoms with van der Waals surface area (Å²) >= 11 is 4.95. The largest absolute Gasteiger partial charge is 0.489 e. The maximum atomic E-state index is 13.3. The van der Waals surface area contributed by atoms with Gasteiger partial charge in [-0.25, -0.2) is 4.39 Å². The number of halogens is 1. The fourth-order valence-corrected chi connectivity index (χ4v) is 2.16. The minimum atomic E-state index is -0.355. The van der Waals surface area contributed by atoms with E-state index in [1.54, 1.807) is 6.07 Å². The first-order chi connectivity index (χ1) is 10.1. The predicted molar refractivity (Wildman–Crippen MR) is 83.9 cm³/mol. The van der Waals surface area contributed by atoms with Gasteiger partial charge in [0.15, 0.2) is 0 Å². The summed E-state index contributed by atoms with van der Waals surface area (Å²) in [6, 6.07) is 11.6. The summed E-state index contributed by atoms with van der Waals surface area (Å²) in [5.74, 6) is 0.307. The van der Waals surface area contributed by atoms with Crippen LogP contribution < -0.4 is 10.5 Å². The van der Waals surface area contributed by atoms with Crippen LogP contribution in [0.3, 0.4) is 0 Å². The van der Waals surface area contributed by atoms with Crippen molar-refractivity contribution in [1.82, 2.24) is 0 Å². The van der Waals surface area contributed by atoms with Crippen molar-refractivity contribution in [2.45, 2.75) is 13.0 Å². The zero-order valence-corrected chi connectivity index (χ0v) is 12.2. The summed E-state index contributed by atoms with van der Waals surface area (Å²) in [5.41, 5.74) is 7.87. The first-order valence-electron chi connectivity index (χ1n) is 6.51. The number of nitrogens with two attached hydrogens (primary N) is 1. The van der Waals surface area contributed by atoms with E-state index >= 15 is 0 Å². The van der Waals surface area contributed by atoms with Gasteiger partial charge in [0, 0.05) is 17.7 Å². The Morgan fingerprint density at radius 3 is 2.52 bits per heavy atom. The van der Waals surface area contributed by atoms with Crippen LogP contribution in [0.4, 0.5) is 4.39 Å². The van der Waals surface area contributed by atoms with Crippen LogP contribution in [0.1, 0.15) is 16.7 Å². The molecule has 0 bridgehead atoms. The first kappa shape index (κ1) is 15.4. The predicted octanol–water partition coefficient (Wildman–Crippen LogP) is 2.57. The highest BCUT2D eigenvalue weighted by Gasteiger charge is 2.07. The standard InChI is InChI=1S/C16H16FNO2S/c17-13-3-6-15(16(18)21)12(9-13)10-20-14-4-1-11(2-5-14)7-8-19/h1-6,9,19H,7-8,10H2,(H2,18,21). The van der Waals surface area contributed by atoms with Crippen LogP contribution in [0, 0.1) is 5.82 Å². The third kappa shape index (κ3) is 4.24. The summed E-state index contributed by atoms with van der Waals surface area (Å²) in [6.45, 7) is 0.296. The van der Waals surface area contributed by atoms with E-state index in [9.17, 15) is 4.39 Å². The molecule has 110 valence electrons. The second-order valence-electron chi connectivity index (χ2n) is 4.57. The summed E-state index contributed by atoms with van der Waals surface area (Å²) in [6.07, 6.45) is 0.607. The van der Waals surface area contributed by atoms with E-state index < -0.39 is 0 Å². The van der Waals surface area contributed by atoms with E-state index in [4.69, 9.17) is 27.8 Å². The van der Waals surface area contributed by atoms with Crippen molar-refractivity contribution in [3.8, 4) is 5.75 Å². The molecule has 0 heterocycles. The third-order valence-corrected chi connectivity index (χ3v) is 3.27. The van der Waals surface area contributed by atoms with Crippen LogP contribution in [0.25, 0.3) is 0 Å². The van der Waals surface area contributed by atoms with E-state index in [-0.39, 0.29) is 24.0 Å². The van der Waals surface area contributed by atoms with E-state index in [1.807, 2.05) is 24.3 Å². The number of ether oxygens (including phenoxy) is 1. The van der Waals surface area contributed by atoms with E-state index in [2.05, 4.69) is 0 Å². The highest BCUT2D eigenvalue weighted by atomic mass is 32.1. The van der Waals surface area contributed by atoms with Crippen LogP contribution >= 0.6 is 12.2 Å². The van der Waals surface area contributed by atoms with E-state index in [0.717, 1.165) is 5.56 Å². The van der Waals surface area contributed by atoms with Crippen LogP contribution in [-0.2, 0) is 13.0 Å². The Bertz CT molecular complexity index is 629. The fraction of sp³-hybridized carbons (Fsp3) is 0.188. The summed E-state index contributed by atoms with van der Waals surface area (Å²) in [5, 5.41) is 8.86. The van der Waals surface area contributed by atoms with Crippen molar-refractivity contribution < 1.29 is 14.2 Å². The molecule has 3 nitrogen and oxygen atoms in total. The number of thiocarbonyl (C=S) groups is 1. The topological polar surface area (TPSA) is 55.5 Å². The summed E-state index contributed by atoms with van der Waals surface area (Å²) in [4.78, 5) is 0.215. The molecule has 0 radical (unpaired) electrons. The Hall–Kier alpha value is -1.98. The third-order valence-electron chi connectivity index (χ3n) is 3.05. The van der Waals surface area contributed by atoms with Crippen LogP contribution in [0.5, 0.6) is 5.75 Å². The van der Waals surface area contributed by atoms with Crippen molar-refractivity contribution in [3.63, 3.8) is 0 Å². The lowest BCUT2D eigenvalue weighted by atomic mass is 10.1. The average Bonchev–Trinajstić information content (AvgIpc) is 2.46. The van der Waals surface area contributed by atoms with Gasteiger partial charge in [-0.15, -0.1) is 0 Å². The van der Waals surface area contributed by atoms with Crippen molar-refractivity contribution >= 4 is 17.2 Å². The van der Waals surface area contributed by atoms with Gasteiger partial charge in [0.05, 0.1) is 0 Å². The molecule has 2 rings (SSSR count). The van der Waals surface area contributed by atoms with Gasteiger partial charge < -0.3 is 15.6 Å². The molecule has 0 saturated carbocycles. The molecule has 0 aliphatic carbocycles. The van der Waals surface area contributed by atoms with Gasteiger partial charge in [-0.1, -0.05) is 24.4 Å². The normalized spacial score (nSPS) is 10.4. The van der Waals surface area contributed by atoms with E-state index in [1.165, 1.54) is 12.1 Å². The SMILES string of the molecule is NC(=S)c1ccc(F)cc1COc1ccc(CCO)cc1. The Morgan fingerprint density at radius 2 is 1.90 bits per heavy atom. The molecule has 5 heteroatoms. The number of benzene rings is 2. The Labute approximate surface area is 128 Å². The second kappa shape index (κ2) is 7.15. The lowest BCUT2D eigenvalue weighted by Gasteiger charge is -2.11. The zero-order valence-electron chi connectivity index (χ0n) is 11.4. The molecule has 0 aliphatic heterocycles. The molecule has 0 saturated heterocycles. The molecule has 0 fully saturated rings. The van der Waals surface area contributed by atoms with Crippen molar-refractivity contribution in [2.75, 3.05) is 6.61 Å². The molecule has 2 aromatic rings. The van der Waals surface area contributed by atoms with Crippen molar-refractivity contribution in [3.05, 3.63) is 65.0 Å². The minimum absolute atomic E-state index is 0.112. The van der Waals surface area contributed by atoms with Crippen molar-refractivity contribution in [2.24, 2.45) is 5.73 Å². The fourth-order valence-electron chi connectivity index (χ4n) is 1.96. The van der Waals surface area contributed by atoms with Gasteiger partial charge in [-0.3, -0.25) is 0 Å². The minimum Gasteiger partial charge on any atom is -0.489 e. The van der Waals surface area contributed by atoms with Gasteiger partial charge >= 0.3 is 0 Å². The number of hydrogen-bond acceptors (Lipinski definition) is 3. The number of rotatable bonds is 6. The highest BCUT2D eigenvalue weighted by molar-refractivity contribution is 7.80. The van der Waals surface area contributed by atoms with Crippen molar-refractivity contribution in [1.29, 1.82) is 0 Å². The molecule has 0 spiro atoms. The number of aliphatic hydroxyl groups is 1. The molecular weight excluding hydrogens is 289 g/mol. The van der Waals surface area contributed by atoms with Crippen LogP contribution in [0.2, 0.25) is 0 Å². The maximum Gasteiger partial charge on any atom is 0.123 e. The molecule has 3 N–H and O–H groups in total. The Kier molecular flexibility index (Phi) is 5.25. The lowest BCUT2D eigenvalue weighted by molar-refractivity contribution is 0.298. The Morgan fingerprint density at radius 1 is 1.19 bits per heavy atom. The zero-order chi connectivity index (χ0) is 15.2. The summed E-state index contributed by atoms with van der Waals surface area (Å²) < 4.78 is 18.9. The maximum absolute atomic E-state index is 13.3. The van der Waals surface area contributed by atoms with E-state index in [0.29, 0.717) is 23.3 Å². The van der Waals surface area contributed by atoms with Gasteiger partial charge in [0.25, 0.3) is 0 Å². The van der Waals surface area contributed by atoms with Gasteiger partial charge in [-0.05, 0) is 42.3 Å². The molecule has 0 aliphatic rings. The molecule has 0 amide bonds. The van der Waals surface area contributed by atoms with Gasteiger partial charge in [0.1, 0.15) is 23.2 Å². The Balaban J connectivity index is 2.08. The van der Waals surface area contributed by atoms with Crippen LogP contribution in [0.15, 0.2) is 42.5 Å². The smallest absolute Gasteiger partial charge is 0.123 e. The number of aliphatic hydroxyl groups excluding tert-OH is 1. The van der Waals surface area contributed by atoms with Gasteiger partial charge in [-0.2, -0.15) is 0 Å². The molecule has 2 aromatic carbocycles. The molecule has 0 atom stereocenters. The highest BCUT2D eigenvalue weighted by Crippen LogP contribution is 2.17. The summed E-state index contributed by atoms with van der Waals surface area (Å²) in [7, 11) is 0. The second-order valence-corrected chi connectivity index (χ2v) is 5.01. The average molecular weight is 305 g/mol. The molecule has 0 unspecified atom stereocenters. The first-order valence-corrected chi connectivity index (χ1v) is 6.92. The molecule has 21 heavy (non-hydrogen) atoms. The lowest BCUT2D eigenvalue weighted by Crippen LogP contribution is -2.13. The monoisotopic (exact) mass is 305 g/mol. The molecule has 0 aromatic heterocycles. The quantitative estimate of drug-likeness (QED) is 0.805.